The molecule has 1 saturated heterocycles. The van der Waals surface area contributed by atoms with E-state index >= 15 is 0 Å². The Bertz CT molecular complexity index is 597. The van der Waals surface area contributed by atoms with E-state index in [4.69, 9.17) is 4.74 Å². The summed E-state index contributed by atoms with van der Waals surface area (Å²) in [4.78, 5) is 1.50. The molecule has 0 aromatic heterocycles. The maximum absolute atomic E-state index is 11.0. The number of benzene rings is 2. The van der Waals surface area contributed by atoms with Gasteiger partial charge in [0.25, 0.3) is 0 Å². The second-order valence-electron chi connectivity index (χ2n) is 6.08. The van der Waals surface area contributed by atoms with Crippen LogP contribution in [0.5, 0.6) is 0 Å². The molecule has 0 aliphatic carbocycles. The van der Waals surface area contributed by atoms with Crippen LogP contribution in [0.1, 0.15) is 23.1 Å². The fourth-order valence-corrected chi connectivity index (χ4v) is 3.44. The van der Waals surface area contributed by atoms with Crippen molar-refractivity contribution in [2.75, 3.05) is 32.8 Å². The Morgan fingerprint density at radius 3 is 2.26 bits per heavy atom. The standard InChI is InChI=1S/C19H22BrNO2/c20-17-8-6-16(7-9-17)19(22)18(15-4-2-1-3-5-15)14-21-10-12-23-13-11-21/h1-9,18-19,22H,10-14H2/p+1/t18-,19-/m1/s1. The van der Waals surface area contributed by atoms with Gasteiger partial charge in [-0.25, -0.2) is 0 Å². The number of aliphatic hydroxyl groups is 1. The second-order valence-corrected chi connectivity index (χ2v) is 7.00. The molecule has 2 N–H and O–H groups in total. The first-order valence-electron chi connectivity index (χ1n) is 8.14. The average molecular weight is 377 g/mol. The first kappa shape index (κ1) is 16.7. The lowest BCUT2D eigenvalue weighted by atomic mass is 9.88. The zero-order valence-electron chi connectivity index (χ0n) is 13.1. The van der Waals surface area contributed by atoms with Crippen molar-refractivity contribution in [1.29, 1.82) is 0 Å². The van der Waals surface area contributed by atoms with Gasteiger partial charge in [-0.15, -0.1) is 0 Å². The minimum Gasteiger partial charge on any atom is -0.388 e. The van der Waals surface area contributed by atoms with Crippen LogP contribution >= 0.6 is 15.9 Å². The highest BCUT2D eigenvalue weighted by molar-refractivity contribution is 9.10. The third-order valence-electron chi connectivity index (χ3n) is 4.53. The van der Waals surface area contributed by atoms with E-state index in [2.05, 4.69) is 28.1 Å². The molecule has 2 aromatic rings. The van der Waals surface area contributed by atoms with E-state index in [-0.39, 0.29) is 5.92 Å². The summed E-state index contributed by atoms with van der Waals surface area (Å²) in [6, 6.07) is 18.3. The van der Waals surface area contributed by atoms with Gasteiger partial charge in [-0.1, -0.05) is 58.4 Å². The number of halogens is 1. The van der Waals surface area contributed by atoms with Crippen molar-refractivity contribution in [2.45, 2.75) is 12.0 Å². The first-order chi connectivity index (χ1) is 11.2. The molecule has 23 heavy (non-hydrogen) atoms. The summed E-state index contributed by atoms with van der Waals surface area (Å²) in [5.41, 5.74) is 2.16. The lowest BCUT2D eigenvalue weighted by Crippen LogP contribution is -3.14. The van der Waals surface area contributed by atoms with E-state index in [0.717, 1.165) is 42.9 Å². The molecule has 0 bridgehead atoms. The summed E-state index contributed by atoms with van der Waals surface area (Å²) in [7, 11) is 0. The third-order valence-corrected chi connectivity index (χ3v) is 5.06. The second kappa shape index (κ2) is 8.06. The molecule has 0 saturated carbocycles. The van der Waals surface area contributed by atoms with Crippen molar-refractivity contribution in [1.82, 2.24) is 0 Å². The molecule has 122 valence electrons. The molecule has 0 unspecified atom stereocenters. The van der Waals surface area contributed by atoms with Crippen LogP contribution in [0.3, 0.4) is 0 Å². The predicted octanol–water partition coefficient (Wildman–Crippen LogP) is 2.18. The molecule has 3 nitrogen and oxygen atoms in total. The molecular weight excluding hydrogens is 354 g/mol. The molecule has 1 aliphatic heterocycles. The minimum atomic E-state index is -0.499. The van der Waals surface area contributed by atoms with Crippen LogP contribution < -0.4 is 4.90 Å². The SMILES string of the molecule is O[C@H](c1ccc(Br)cc1)[C@H](C[NH+]1CCOCC1)c1ccccc1. The Balaban J connectivity index is 1.83. The van der Waals surface area contributed by atoms with Gasteiger partial charge in [0.05, 0.1) is 31.8 Å². The zero-order chi connectivity index (χ0) is 16.1. The summed E-state index contributed by atoms with van der Waals surface area (Å²) in [6.45, 7) is 4.56. The van der Waals surface area contributed by atoms with Crippen molar-refractivity contribution < 1.29 is 14.7 Å². The molecule has 2 atom stereocenters. The van der Waals surface area contributed by atoms with E-state index < -0.39 is 6.10 Å². The highest BCUT2D eigenvalue weighted by Crippen LogP contribution is 2.30. The van der Waals surface area contributed by atoms with Gasteiger partial charge < -0.3 is 14.7 Å². The van der Waals surface area contributed by atoms with Gasteiger partial charge >= 0.3 is 0 Å². The van der Waals surface area contributed by atoms with E-state index in [9.17, 15) is 5.11 Å². The maximum atomic E-state index is 11.0. The Morgan fingerprint density at radius 1 is 0.957 bits per heavy atom. The number of hydrogen-bond donors (Lipinski definition) is 2. The monoisotopic (exact) mass is 376 g/mol. The van der Waals surface area contributed by atoms with Crippen LogP contribution in [0.25, 0.3) is 0 Å². The van der Waals surface area contributed by atoms with Crippen molar-refractivity contribution in [3.05, 3.63) is 70.2 Å². The highest BCUT2D eigenvalue weighted by atomic mass is 79.9. The van der Waals surface area contributed by atoms with Crippen molar-refractivity contribution in [3.8, 4) is 0 Å². The Morgan fingerprint density at radius 2 is 1.61 bits per heavy atom. The molecule has 0 amide bonds. The molecule has 4 heteroatoms. The third kappa shape index (κ3) is 4.42. The lowest BCUT2D eigenvalue weighted by molar-refractivity contribution is -0.909. The Hall–Kier alpha value is -1.20. The number of aliphatic hydroxyl groups excluding tert-OH is 1. The summed E-state index contributed by atoms with van der Waals surface area (Å²) >= 11 is 3.46. The smallest absolute Gasteiger partial charge is 0.101 e. The number of rotatable bonds is 5. The average Bonchev–Trinajstić information content (AvgIpc) is 2.61. The number of ether oxygens (including phenoxy) is 1. The van der Waals surface area contributed by atoms with Crippen LogP contribution in [0.15, 0.2) is 59.1 Å². The van der Waals surface area contributed by atoms with Crippen molar-refractivity contribution >= 4 is 15.9 Å². The van der Waals surface area contributed by atoms with Crippen molar-refractivity contribution in [2.24, 2.45) is 0 Å². The summed E-state index contributed by atoms with van der Waals surface area (Å²) < 4.78 is 6.49. The number of quaternary nitrogens is 1. The zero-order valence-corrected chi connectivity index (χ0v) is 14.7. The fraction of sp³-hybridized carbons (Fsp3) is 0.368. The molecule has 0 radical (unpaired) electrons. The number of morpholine rings is 1. The molecule has 0 spiro atoms. The Labute approximate surface area is 146 Å². The summed E-state index contributed by atoms with van der Waals surface area (Å²) in [6.07, 6.45) is -0.499. The fourth-order valence-electron chi connectivity index (χ4n) is 3.18. The van der Waals surface area contributed by atoms with E-state index in [1.807, 2.05) is 42.5 Å². The topological polar surface area (TPSA) is 33.9 Å². The van der Waals surface area contributed by atoms with E-state index in [1.165, 1.54) is 10.5 Å². The molecular formula is C19H23BrNO2+. The van der Waals surface area contributed by atoms with Gasteiger partial charge in [-0.2, -0.15) is 0 Å². The lowest BCUT2D eigenvalue weighted by Gasteiger charge is -2.30. The molecule has 1 heterocycles. The van der Waals surface area contributed by atoms with Gasteiger partial charge in [0.15, 0.2) is 0 Å². The largest absolute Gasteiger partial charge is 0.388 e. The van der Waals surface area contributed by atoms with Gasteiger partial charge in [-0.05, 0) is 23.3 Å². The predicted molar refractivity (Wildman–Crippen MR) is 94.7 cm³/mol. The minimum absolute atomic E-state index is 0.0884. The first-order valence-corrected chi connectivity index (χ1v) is 8.93. The van der Waals surface area contributed by atoms with Crippen LogP contribution in [-0.2, 0) is 4.74 Å². The Kier molecular flexibility index (Phi) is 5.84. The van der Waals surface area contributed by atoms with E-state index in [1.54, 1.807) is 0 Å². The van der Waals surface area contributed by atoms with Gasteiger partial charge in [-0.3, -0.25) is 0 Å². The maximum Gasteiger partial charge on any atom is 0.101 e. The molecule has 3 rings (SSSR count). The van der Waals surface area contributed by atoms with Crippen LogP contribution in [0, 0.1) is 0 Å². The van der Waals surface area contributed by atoms with Crippen LogP contribution in [-0.4, -0.2) is 38.0 Å². The van der Waals surface area contributed by atoms with Crippen LogP contribution in [0.2, 0.25) is 0 Å². The summed E-state index contributed by atoms with van der Waals surface area (Å²) in [5.74, 6) is 0.0884. The van der Waals surface area contributed by atoms with Gasteiger partial charge in [0, 0.05) is 4.47 Å². The van der Waals surface area contributed by atoms with E-state index in [0.29, 0.717) is 0 Å². The van der Waals surface area contributed by atoms with Gasteiger partial charge in [0.1, 0.15) is 13.1 Å². The molecule has 2 aromatic carbocycles. The van der Waals surface area contributed by atoms with Gasteiger partial charge in [0.2, 0.25) is 0 Å². The summed E-state index contributed by atoms with van der Waals surface area (Å²) in [5, 5.41) is 11.0. The highest BCUT2D eigenvalue weighted by Gasteiger charge is 2.28. The van der Waals surface area contributed by atoms with Crippen LogP contribution in [0.4, 0.5) is 0 Å². The molecule has 1 fully saturated rings. The molecule has 1 aliphatic rings. The van der Waals surface area contributed by atoms with Crippen molar-refractivity contribution in [3.63, 3.8) is 0 Å². The number of nitrogens with one attached hydrogen (secondary N) is 1. The quantitative estimate of drug-likeness (QED) is 0.838. The normalized spacial score (nSPS) is 18.5. The number of hydrogen-bond acceptors (Lipinski definition) is 2.